The zero-order valence-corrected chi connectivity index (χ0v) is 11.7. The zero-order chi connectivity index (χ0) is 13.2. The molecule has 100 valence electrons. The molecule has 0 bridgehead atoms. The minimum atomic E-state index is 0.579. The third kappa shape index (κ3) is 2.30. The van der Waals surface area contributed by atoms with E-state index in [0.29, 0.717) is 5.92 Å². The predicted molar refractivity (Wildman–Crippen MR) is 78.2 cm³/mol. The Labute approximate surface area is 114 Å². The average Bonchev–Trinajstić information content (AvgIpc) is 2.75. The monoisotopic (exact) mass is 255 g/mol. The summed E-state index contributed by atoms with van der Waals surface area (Å²) < 4.78 is 2.08. The van der Waals surface area contributed by atoms with Crippen molar-refractivity contribution >= 4 is 0 Å². The molecule has 3 nitrogen and oxygen atoms in total. The van der Waals surface area contributed by atoms with Crippen LogP contribution in [0.3, 0.4) is 0 Å². The Kier molecular flexibility index (Phi) is 3.38. The number of benzene rings is 1. The fraction of sp³-hybridized carbons (Fsp3) is 0.438. The third-order valence-corrected chi connectivity index (χ3v) is 4.01. The van der Waals surface area contributed by atoms with Gasteiger partial charge in [-0.3, -0.25) is 4.68 Å². The Morgan fingerprint density at radius 2 is 2.05 bits per heavy atom. The number of hydrogen-bond acceptors (Lipinski definition) is 2. The molecule has 1 atom stereocenters. The third-order valence-electron chi connectivity index (χ3n) is 4.01. The topological polar surface area (TPSA) is 29.9 Å². The molecule has 1 aliphatic heterocycles. The van der Waals surface area contributed by atoms with Gasteiger partial charge in [0.1, 0.15) is 0 Å². The molecule has 2 heterocycles. The lowest BCUT2D eigenvalue weighted by Gasteiger charge is -2.24. The largest absolute Gasteiger partial charge is 0.316 e. The van der Waals surface area contributed by atoms with E-state index in [1.54, 1.807) is 0 Å². The summed E-state index contributed by atoms with van der Waals surface area (Å²) in [6.07, 6.45) is 2.51. The van der Waals surface area contributed by atoms with E-state index in [4.69, 9.17) is 0 Å². The van der Waals surface area contributed by atoms with Gasteiger partial charge in [-0.2, -0.15) is 5.10 Å². The van der Waals surface area contributed by atoms with Gasteiger partial charge in [-0.1, -0.05) is 30.3 Å². The van der Waals surface area contributed by atoms with Crippen molar-refractivity contribution in [2.24, 2.45) is 7.05 Å². The normalized spacial score (nSPS) is 19.6. The van der Waals surface area contributed by atoms with Gasteiger partial charge >= 0.3 is 0 Å². The van der Waals surface area contributed by atoms with E-state index in [1.807, 2.05) is 0 Å². The molecule has 1 aromatic heterocycles. The molecular formula is C16H21N3. The molecule has 1 N–H and O–H groups in total. The second kappa shape index (κ2) is 5.17. The van der Waals surface area contributed by atoms with Crippen molar-refractivity contribution < 1.29 is 0 Å². The van der Waals surface area contributed by atoms with E-state index >= 15 is 0 Å². The van der Waals surface area contributed by atoms with Crippen LogP contribution in [-0.2, 0) is 7.05 Å². The van der Waals surface area contributed by atoms with Crippen LogP contribution in [0.2, 0.25) is 0 Å². The Morgan fingerprint density at radius 3 is 2.74 bits per heavy atom. The molecular weight excluding hydrogens is 234 g/mol. The smallest absolute Gasteiger partial charge is 0.0675 e. The Bertz CT molecular complexity index is 551. The summed E-state index contributed by atoms with van der Waals surface area (Å²) in [5.41, 5.74) is 5.13. The summed E-state index contributed by atoms with van der Waals surface area (Å²) >= 11 is 0. The molecule has 0 radical (unpaired) electrons. The number of nitrogens with one attached hydrogen (secondary N) is 1. The van der Waals surface area contributed by atoms with E-state index < -0.39 is 0 Å². The number of hydrogen-bond donors (Lipinski definition) is 1. The molecule has 0 amide bonds. The van der Waals surface area contributed by atoms with Gasteiger partial charge in [-0.15, -0.1) is 0 Å². The molecule has 2 aromatic rings. The lowest BCUT2D eigenvalue weighted by molar-refractivity contribution is 0.442. The lowest BCUT2D eigenvalue weighted by atomic mass is 9.90. The first-order valence-corrected chi connectivity index (χ1v) is 7.07. The molecule has 1 saturated heterocycles. The second-order valence-electron chi connectivity index (χ2n) is 5.38. The van der Waals surface area contributed by atoms with Crippen LogP contribution in [0.15, 0.2) is 30.3 Å². The van der Waals surface area contributed by atoms with Crippen molar-refractivity contribution in [3.05, 3.63) is 41.7 Å². The van der Waals surface area contributed by atoms with Crippen molar-refractivity contribution in [1.29, 1.82) is 0 Å². The average molecular weight is 255 g/mol. The summed E-state index contributed by atoms with van der Waals surface area (Å²) in [5, 5.41) is 8.16. The van der Waals surface area contributed by atoms with Crippen molar-refractivity contribution in [2.45, 2.75) is 25.7 Å². The van der Waals surface area contributed by atoms with E-state index in [0.717, 1.165) is 18.8 Å². The Hall–Kier alpha value is -1.61. The molecule has 19 heavy (non-hydrogen) atoms. The zero-order valence-electron chi connectivity index (χ0n) is 11.7. The van der Waals surface area contributed by atoms with E-state index in [2.05, 4.69) is 59.4 Å². The van der Waals surface area contributed by atoms with Crippen LogP contribution in [0.1, 0.15) is 30.1 Å². The van der Waals surface area contributed by atoms with Crippen molar-refractivity contribution in [2.75, 3.05) is 13.1 Å². The van der Waals surface area contributed by atoms with Gasteiger partial charge in [-0.05, 0) is 31.9 Å². The van der Waals surface area contributed by atoms with Crippen LogP contribution in [0.5, 0.6) is 0 Å². The van der Waals surface area contributed by atoms with Crippen molar-refractivity contribution in [1.82, 2.24) is 15.1 Å². The molecule has 0 aliphatic carbocycles. The maximum atomic E-state index is 4.65. The van der Waals surface area contributed by atoms with E-state index in [9.17, 15) is 0 Å². The highest BCUT2D eigenvalue weighted by atomic mass is 15.3. The van der Waals surface area contributed by atoms with Crippen LogP contribution in [-0.4, -0.2) is 22.9 Å². The fourth-order valence-electron chi connectivity index (χ4n) is 3.19. The minimum absolute atomic E-state index is 0.579. The maximum Gasteiger partial charge on any atom is 0.0675 e. The Balaban J connectivity index is 2.08. The highest BCUT2D eigenvalue weighted by Gasteiger charge is 2.24. The van der Waals surface area contributed by atoms with Crippen LogP contribution in [0.25, 0.3) is 11.1 Å². The first kappa shape index (κ1) is 12.4. The van der Waals surface area contributed by atoms with Gasteiger partial charge in [0.15, 0.2) is 0 Å². The van der Waals surface area contributed by atoms with Crippen molar-refractivity contribution in [3.63, 3.8) is 0 Å². The summed E-state index contributed by atoms with van der Waals surface area (Å²) in [6.45, 7) is 4.33. The molecule has 1 aromatic carbocycles. The standard InChI is InChI=1S/C16H21N3/c1-12-15(13-7-4-3-5-8-13)16(19(2)18-12)14-9-6-10-17-11-14/h3-5,7-8,14,17H,6,9-11H2,1-2H3. The van der Waals surface area contributed by atoms with Crippen LogP contribution in [0, 0.1) is 6.92 Å². The first-order valence-electron chi connectivity index (χ1n) is 7.07. The van der Waals surface area contributed by atoms with Crippen LogP contribution >= 0.6 is 0 Å². The maximum absolute atomic E-state index is 4.65. The molecule has 0 saturated carbocycles. The summed E-state index contributed by atoms with van der Waals surface area (Å²) in [4.78, 5) is 0. The summed E-state index contributed by atoms with van der Waals surface area (Å²) in [5.74, 6) is 0.579. The number of aryl methyl sites for hydroxylation is 2. The molecule has 3 heteroatoms. The van der Waals surface area contributed by atoms with Gasteiger partial charge in [0, 0.05) is 25.1 Å². The summed E-state index contributed by atoms with van der Waals surface area (Å²) in [6, 6.07) is 10.6. The van der Waals surface area contributed by atoms with Crippen molar-refractivity contribution in [3.8, 4) is 11.1 Å². The minimum Gasteiger partial charge on any atom is -0.316 e. The predicted octanol–water partition coefficient (Wildman–Crippen LogP) is 2.86. The fourth-order valence-corrected chi connectivity index (χ4v) is 3.19. The van der Waals surface area contributed by atoms with E-state index in [1.165, 1.54) is 29.7 Å². The number of piperidine rings is 1. The number of rotatable bonds is 2. The van der Waals surface area contributed by atoms with E-state index in [-0.39, 0.29) is 0 Å². The van der Waals surface area contributed by atoms with Gasteiger partial charge in [0.25, 0.3) is 0 Å². The first-order chi connectivity index (χ1) is 9.27. The van der Waals surface area contributed by atoms with Gasteiger partial charge in [-0.25, -0.2) is 0 Å². The molecule has 3 rings (SSSR count). The number of nitrogens with zero attached hydrogens (tertiary/aromatic N) is 2. The molecule has 1 aliphatic rings. The SMILES string of the molecule is Cc1nn(C)c(C2CCCNC2)c1-c1ccccc1. The molecule has 1 fully saturated rings. The highest BCUT2D eigenvalue weighted by molar-refractivity contribution is 5.69. The molecule has 0 spiro atoms. The van der Waals surface area contributed by atoms with Gasteiger partial charge < -0.3 is 5.32 Å². The highest BCUT2D eigenvalue weighted by Crippen LogP contribution is 2.34. The second-order valence-corrected chi connectivity index (χ2v) is 5.38. The summed E-state index contributed by atoms with van der Waals surface area (Å²) in [7, 11) is 2.07. The van der Waals surface area contributed by atoms with Gasteiger partial charge in [0.05, 0.1) is 11.4 Å². The quantitative estimate of drug-likeness (QED) is 0.894. The van der Waals surface area contributed by atoms with Crippen LogP contribution in [0.4, 0.5) is 0 Å². The van der Waals surface area contributed by atoms with Crippen LogP contribution < -0.4 is 5.32 Å². The van der Waals surface area contributed by atoms with Gasteiger partial charge in [0.2, 0.25) is 0 Å². The Morgan fingerprint density at radius 1 is 1.26 bits per heavy atom. The molecule has 1 unspecified atom stereocenters. The lowest BCUT2D eigenvalue weighted by Crippen LogP contribution is -2.29. The number of aromatic nitrogens is 2.